The summed E-state index contributed by atoms with van der Waals surface area (Å²) in [5.74, 6) is 0.624. The van der Waals surface area contributed by atoms with Crippen molar-refractivity contribution in [1.82, 2.24) is 0 Å². The normalized spacial score (nSPS) is 26.1. The van der Waals surface area contributed by atoms with Crippen LogP contribution in [0.2, 0.25) is 0 Å². The number of methoxy groups -OCH3 is 1. The van der Waals surface area contributed by atoms with Gasteiger partial charge in [-0.05, 0) is 59.3 Å². The highest BCUT2D eigenvalue weighted by atomic mass is 79.9. The second kappa shape index (κ2) is 6.52. The molecule has 0 aromatic heterocycles. The van der Waals surface area contributed by atoms with Crippen LogP contribution in [-0.2, 0) is 9.59 Å². The molecule has 1 unspecified atom stereocenters. The van der Waals surface area contributed by atoms with Crippen molar-refractivity contribution < 1.29 is 14.3 Å². The fraction of sp³-hybridized carbons (Fsp3) is 0.450. The molecule has 2 aliphatic carbocycles. The first kappa shape index (κ1) is 16.7. The zero-order valence-corrected chi connectivity index (χ0v) is 15.8. The molecule has 4 rings (SSSR count). The van der Waals surface area contributed by atoms with Crippen LogP contribution in [0.4, 0.5) is 0 Å². The molecule has 25 heavy (non-hydrogen) atoms. The third kappa shape index (κ3) is 2.78. The monoisotopic (exact) mass is 401 g/mol. The molecule has 1 saturated carbocycles. The van der Waals surface area contributed by atoms with E-state index in [4.69, 9.17) is 9.73 Å². The highest BCUT2D eigenvalue weighted by Crippen LogP contribution is 2.46. The summed E-state index contributed by atoms with van der Waals surface area (Å²) < 4.78 is 6.16. The van der Waals surface area contributed by atoms with Crippen molar-refractivity contribution >= 4 is 33.2 Å². The predicted octanol–water partition coefficient (Wildman–Crippen LogP) is 4.37. The number of ketones is 2. The molecule has 1 aromatic rings. The van der Waals surface area contributed by atoms with Crippen molar-refractivity contribution in [3.05, 3.63) is 39.5 Å². The molecule has 2 atom stereocenters. The van der Waals surface area contributed by atoms with E-state index in [-0.39, 0.29) is 23.4 Å². The van der Waals surface area contributed by atoms with Crippen molar-refractivity contribution in [1.29, 1.82) is 0 Å². The number of allylic oxidation sites excluding steroid dienone is 2. The largest absolute Gasteiger partial charge is 0.496 e. The number of nitrogens with zero attached hydrogens (tertiary/aromatic N) is 1. The zero-order chi connectivity index (χ0) is 17.6. The summed E-state index contributed by atoms with van der Waals surface area (Å²) in [5, 5.41) is 0. The Morgan fingerprint density at radius 3 is 2.64 bits per heavy atom. The van der Waals surface area contributed by atoms with E-state index in [9.17, 15) is 9.59 Å². The molecular weight excluding hydrogens is 382 g/mol. The van der Waals surface area contributed by atoms with Gasteiger partial charge in [0.2, 0.25) is 0 Å². The summed E-state index contributed by atoms with van der Waals surface area (Å²) in [5.41, 5.74) is 3.64. The third-order valence-corrected chi connectivity index (χ3v) is 6.07. The first-order valence-corrected chi connectivity index (χ1v) is 9.59. The fourth-order valence-corrected chi connectivity index (χ4v) is 4.89. The van der Waals surface area contributed by atoms with Crippen LogP contribution in [-0.4, -0.2) is 24.4 Å². The molecule has 5 heteroatoms. The smallest absolute Gasteiger partial charge is 0.161 e. The van der Waals surface area contributed by atoms with E-state index in [1.54, 1.807) is 7.11 Å². The molecule has 0 spiro atoms. The topological polar surface area (TPSA) is 55.7 Å². The molecule has 0 radical (unpaired) electrons. The Hall–Kier alpha value is -1.75. The van der Waals surface area contributed by atoms with Crippen LogP contribution < -0.4 is 4.74 Å². The van der Waals surface area contributed by atoms with Crippen LogP contribution in [0.5, 0.6) is 5.75 Å². The molecule has 1 fully saturated rings. The summed E-state index contributed by atoms with van der Waals surface area (Å²) >= 11 is 3.54. The average molecular weight is 402 g/mol. The quantitative estimate of drug-likeness (QED) is 0.738. The maximum Gasteiger partial charge on any atom is 0.161 e. The molecule has 1 heterocycles. The van der Waals surface area contributed by atoms with Crippen molar-refractivity contribution in [3.8, 4) is 5.75 Å². The van der Waals surface area contributed by atoms with Gasteiger partial charge in [0.15, 0.2) is 5.78 Å². The first-order valence-electron chi connectivity index (χ1n) is 8.80. The number of carbonyl (C=O) groups excluding carboxylic acids is 2. The molecule has 130 valence electrons. The van der Waals surface area contributed by atoms with Crippen molar-refractivity contribution in [2.45, 2.75) is 44.4 Å². The highest BCUT2D eigenvalue weighted by molar-refractivity contribution is 9.10. The van der Waals surface area contributed by atoms with E-state index < -0.39 is 0 Å². The minimum absolute atomic E-state index is 0.152. The van der Waals surface area contributed by atoms with E-state index in [0.717, 1.165) is 58.5 Å². The van der Waals surface area contributed by atoms with Crippen LogP contribution in [0, 0.1) is 5.92 Å². The molecule has 0 amide bonds. The summed E-state index contributed by atoms with van der Waals surface area (Å²) in [6.45, 7) is 0. The maximum absolute atomic E-state index is 12.8. The number of benzene rings is 1. The van der Waals surface area contributed by atoms with E-state index in [1.807, 2.05) is 18.2 Å². The van der Waals surface area contributed by atoms with Gasteiger partial charge in [-0.3, -0.25) is 14.6 Å². The summed E-state index contributed by atoms with van der Waals surface area (Å²) in [6, 6.07) is 5.86. The Kier molecular flexibility index (Phi) is 4.36. The second-order valence-electron chi connectivity index (χ2n) is 6.91. The molecular formula is C20H20BrNO3. The Labute approximate surface area is 155 Å². The number of hydrogen-bond donors (Lipinski definition) is 0. The number of Topliss-reactive ketones (excluding diaryl/α,β-unsaturated/α-hetero) is 2. The van der Waals surface area contributed by atoms with Crippen LogP contribution in [0.25, 0.3) is 0 Å². The van der Waals surface area contributed by atoms with Crippen molar-refractivity contribution in [2.24, 2.45) is 10.9 Å². The molecule has 4 nitrogen and oxygen atoms in total. The zero-order valence-electron chi connectivity index (χ0n) is 14.2. The Morgan fingerprint density at radius 1 is 1.08 bits per heavy atom. The Morgan fingerprint density at radius 2 is 1.88 bits per heavy atom. The van der Waals surface area contributed by atoms with Gasteiger partial charge >= 0.3 is 0 Å². The van der Waals surface area contributed by atoms with Crippen LogP contribution in [0.1, 0.15) is 50.0 Å². The second-order valence-corrected chi connectivity index (χ2v) is 7.76. The highest BCUT2D eigenvalue weighted by Gasteiger charge is 2.44. The van der Waals surface area contributed by atoms with Crippen molar-refractivity contribution in [3.63, 3.8) is 0 Å². The van der Waals surface area contributed by atoms with E-state index in [2.05, 4.69) is 15.9 Å². The molecule has 0 N–H and O–H groups in total. The summed E-state index contributed by atoms with van der Waals surface area (Å²) in [4.78, 5) is 30.3. The van der Waals surface area contributed by atoms with Gasteiger partial charge < -0.3 is 4.74 Å². The number of halogens is 1. The lowest BCUT2D eigenvalue weighted by molar-refractivity contribution is -0.122. The van der Waals surface area contributed by atoms with Crippen molar-refractivity contribution in [2.75, 3.05) is 7.11 Å². The number of carbonyl (C=O) groups is 2. The summed E-state index contributed by atoms with van der Waals surface area (Å²) in [6.07, 6.45) is 4.54. The lowest BCUT2D eigenvalue weighted by Crippen LogP contribution is -2.39. The molecule has 0 saturated heterocycles. The van der Waals surface area contributed by atoms with E-state index in [0.29, 0.717) is 12.8 Å². The van der Waals surface area contributed by atoms with Crippen LogP contribution in [0.3, 0.4) is 0 Å². The predicted molar refractivity (Wildman–Crippen MR) is 99.1 cm³/mol. The number of aliphatic imine (C=N–C) groups is 1. The lowest BCUT2D eigenvalue weighted by Gasteiger charge is -2.38. The van der Waals surface area contributed by atoms with Gasteiger partial charge in [0, 0.05) is 35.7 Å². The number of ether oxygens (including phenoxy) is 1. The van der Waals surface area contributed by atoms with E-state index in [1.165, 1.54) is 0 Å². The average Bonchev–Trinajstić information content (AvgIpc) is 2.60. The lowest BCUT2D eigenvalue weighted by atomic mass is 9.67. The Bertz CT molecular complexity index is 824. The van der Waals surface area contributed by atoms with Gasteiger partial charge in [-0.1, -0.05) is 6.07 Å². The number of rotatable bonds is 2. The van der Waals surface area contributed by atoms with Crippen LogP contribution >= 0.6 is 15.9 Å². The minimum Gasteiger partial charge on any atom is -0.496 e. The SMILES string of the molecule is COc1ccc([C@H]2C3=C(CCCC3=O)N=C3CCCC(=O)C32)cc1Br. The van der Waals surface area contributed by atoms with Gasteiger partial charge in [0.05, 0.1) is 17.5 Å². The molecule has 1 aliphatic heterocycles. The van der Waals surface area contributed by atoms with Gasteiger partial charge in [0.1, 0.15) is 11.5 Å². The van der Waals surface area contributed by atoms with Gasteiger partial charge in [0.25, 0.3) is 0 Å². The minimum atomic E-state index is -0.283. The fourth-order valence-electron chi connectivity index (χ4n) is 4.34. The standard InChI is InChI=1S/C20H20BrNO3/c1-25-17-9-8-11(10-12(17)21)18-19-13(4-2-6-15(19)23)22-14-5-3-7-16(24)20(14)18/h8-10,18-19H,2-7H2,1H3/t18-,19?/m1/s1. The number of hydrogen-bond acceptors (Lipinski definition) is 4. The van der Waals surface area contributed by atoms with Gasteiger partial charge in [-0.2, -0.15) is 0 Å². The van der Waals surface area contributed by atoms with Crippen LogP contribution in [0.15, 0.2) is 38.9 Å². The Balaban J connectivity index is 1.88. The number of fused-ring (bicyclic) bond motifs is 1. The van der Waals surface area contributed by atoms with E-state index >= 15 is 0 Å². The first-order chi connectivity index (χ1) is 12.1. The molecule has 0 bridgehead atoms. The van der Waals surface area contributed by atoms with Gasteiger partial charge in [-0.25, -0.2) is 0 Å². The third-order valence-electron chi connectivity index (χ3n) is 5.45. The maximum atomic E-state index is 12.8. The molecule has 1 aromatic carbocycles. The summed E-state index contributed by atoms with van der Waals surface area (Å²) in [7, 11) is 1.63. The van der Waals surface area contributed by atoms with Gasteiger partial charge in [-0.15, -0.1) is 0 Å². The molecule has 3 aliphatic rings.